The van der Waals surface area contributed by atoms with E-state index in [1.807, 2.05) is 71.8 Å². The van der Waals surface area contributed by atoms with E-state index >= 15 is 0 Å². The van der Waals surface area contributed by atoms with Crippen molar-refractivity contribution < 1.29 is 9.53 Å². The van der Waals surface area contributed by atoms with Crippen molar-refractivity contribution in [2.24, 2.45) is 0 Å². The van der Waals surface area contributed by atoms with Crippen molar-refractivity contribution >= 4 is 68.7 Å². The lowest BCUT2D eigenvalue weighted by Crippen LogP contribution is -2.08. The van der Waals surface area contributed by atoms with Gasteiger partial charge in [-0.3, -0.25) is 0 Å². The van der Waals surface area contributed by atoms with Gasteiger partial charge in [0, 0.05) is 39.2 Å². The zero-order chi connectivity index (χ0) is 24.5. The Morgan fingerprint density at radius 3 is 2.12 bits per heavy atom. The van der Waals surface area contributed by atoms with Gasteiger partial charge in [0.25, 0.3) is 0 Å². The van der Waals surface area contributed by atoms with Crippen molar-refractivity contribution in [1.82, 2.24) is 4.98 Å². The monoisotopic (exact) mass is 513 g/mol. The fraction of sp³-hybridized carbons (Fsp3) is 0.0769. The molecule has 0 aliphatic carbocycles. The van der Waals surface area contributed by atoms with Crippen LogP contribution in [0.2, 0.25) is 10.0 Å². The van der Waals surface area contributed by atoms with Crippen LogP contribution in [0.1, 0.15) is 17.4 Å². The van der Waals surface area contributed by atoms with Gasteiger partial charge in [-0.2, -0.15) is 0 Å². The largest absolute Gasteiger partial charge is 0.461 e. The van der Waals surface area contributed by atoms with Gasteiger partial charge in [-0.05, 0) is 49.4 Å². The summed E-state index contributed by atoms with van der Waals surface area (Å²) in [6.07, 6.45) is 1.84. The third kappa shape index (κ3) is 6.41. The minimum Gasteiger partial charge on any atom is -0.461 e. The van der Waals surface area contributed by atoms with Crippen molar-refractivity contribution in [3.8, 4) is 0 Å². The van der Waals surface area contributed by atoms with E-state index in [0.717, 1.165) is 11.4 Å². The highest BCUT2D eigenvalue weighted by atomic mass is 35.5. The summed E-state index contributed by atoms with van der Waals surface area (Å²) in [6.45, 7) is 1.99. The van der Waals surface area contributed by atoms with Crippen LogP contribution in [0.15, 0.2) is 90.6 Å². The van der Waals surface area contributed by atoms with Crippen LogP contribution in [-0.4, -0.2) is 17.6 Å². The highest BCUT2D eigenvalue weighted by molar-refractivity contribution is 6.39. The second-order valence-electron chi connectivity index (χ2n) is 6.92. The molecule has 0 fully saturated rings. The number of carbonyl (C=O) groups excluding carboxylic acids is 1. The molecule has 0 radical (unpaired) electrons. The summed E-state index contributed by atoms with van der Waals surface area (Å²) in [7, 11) is 0. The molecular formula is C26H22Cl3N3O2. The summed E-state index contributed by atoms with van der Waals surface area (Å²) in [5.41, 5.74) is 10.5. The van der Waals surface area contributed by atoms with E-state index in [2.05, 4.69) is 4.98 Å². The molecule has 0 aliphatic heterocycles. The minimum absolute atomic E-state index is 0.139. The molecule has 1 heterocycles. The average Bonchev–Trinajstić information content (AvgIpc) is 2.83. The second kappa shape index (κ2) is 12.3. The molecule has 8 heteroatoms. The quantitative estimate of drug-likeness (QED) is 0.275. The lowest BCUT2D eigenvalue weighted by Gasteiger charge is -2.20. The van der Waals surface area contributed by atoms with Crippen LogP contribution in [-0.2, 0) is 4.74 Å². The molecule has 0 saturated heterocycles. The molecule has 0 unspecified atom stereocenters. The summed E-state index contributed by atoms with van der Waals surface area (Å²) in [6, 6.07) is 24.8. The Hall–Kier alpha value is -3.25. The molecule has 0 saturated carbocycles. The van der Waals surface area contributed by atoms with Crippen molar-refractivity contribution in [1.29, 1.82) is 0 Å². The molecule has 0 bridgehead atoms. The topological polar surface area (TPSA) is 68.5 Å². The van der Waals surface area contributed by atoms with Crippen LogP contribution >= 0.6 is 34.8 Å². The average molecular weight is 515 g/mol. The van der Waals surface area contributed by atoms with E-state index < -0.39 is 5.97 Å². The van der Waals surface area contributed by atoms with E-state index in [4.69, 9.17) is 45.3 Å². The molecule has 4 aromatic rings. The Balaban J connectivity index is 0.000000192. The SMILES string of the molecule is CCOC(=O)c1cc(N)c2c(Cl)cc(Cl)cc2n1.ClC=CN(c1ccccc1)c1ccccc1. The van der Waals surface area contributed by atoms with Gasteiger partial charge in [-0.25, -0.2) is 9.78 Å². The van der Waals surface area contributed by atoms with E-state index in [9.17, 15) is 4.79 Å². The number of nitrogens with zero attached hydrogens (tertiary/aromatic N) is 2. The highest BCUT2D eigenvalue weighted by Gasteiger charge is 2.14. The molecule has 174 valence electrons. The van der Waals surface area contributed by atoms with Crippen LogP contribution < -0.4 is 10.6 Å². The number of hydrogen-bond donors (Lipinski definition) is 1. The van der Waals surface area contributed by atoms with Gasteiger partial charge in [0.15, 0.2) is 5.69 Å². The fourth-order valence-corrected chi connectivity index (χ4v) is 3.88. The number of para-hydroxylation sites is 2. The number of fused-ring (bicyclic) bond motifs is 1. The van der Waals surface area contributed by atoms with Gasteiger partial charge in [0.05, 0.1) is 17.1 Å². The van der Waals surface area contributed by atoms with Crippen LogP contribution in [0, 0.1) is 0 Å². The molecular weight excluding hydrogens is 493 g/mol. The standard InChI is InChI=1S/C14H12ClN.C12H10Cl2N2O2/c15-11-12-16(13-7-3-1-4-8-13)14-9-5-2-6-10-14;1-2-18-12(17)10-5-8(15)11-7(14)3-6(13)4-9(11)16-10/h1-12H;3-5H,2H2,1H3,(H2,15,16). The second-order valence-corrected chi connectivity index (χ2v) is 8.01. The predicted octanol–water partition coefficient (Wildman–Crippen LogP) is 7.84. The minimum atomic E-state index is -0.526. The number of halogens is 3. The van der Waals surface area contributed by atoms with E-state index in [1.54, 1.807) is 19.1 Å². The van der Waals surface area contributed by atoms with Crippen molar-refractivity contribution in [2.75, 3.05) is 17.2 Å². The molecule has 0 spiro atoms. The predicted molar refractivity (Wildman–Crippen MR) is 142 cm³/mol. The first-order valence-electron chi connectivity index (χ1n) is 10.3. The maximum absolute atomic E-state index is 11.6. The molecule has 0 atom stereocenters. The smallest absolute Gasteiger partial charge is 0.357 e. The molecule has 4 rings (SSSR count). The van der Waals surface area contributed by atoms with Crippen molar-refractivity contribution in [2.45, 2.75) is 6.92 Å². The molecule has 34 heavy (non-hydrogen) atoms. The molecule has 5 nitrogen and oxygen atoms in total. The number of ether oxygens (including phenoxy) is 1. The Kier molecular flexibility index (Phi) is 9.16. The summed E-state index contributed by atoms with van der Waals surface area (Å²) in [5, 5.41) is 1.41. The van der Waals surface area contributed by atoms with Gasteiger partial charge >= 0.3 is 5.97 Å². The number of hydrogen-bond acceptors (Lipinski definition) is 5. The summed E-state index contributed by atoms with van der Waals surface area (Å²) in [4.78, 5) is 17.8. The van der Waals surface area contributed by atoms with Gasteiger partial charge < -0.3 is 15.4 Å². The van der Waals surface area contributed by atoms with E-state index in [-0.39, 0.29) is 12.3 Å². The maximum atomic E-state index is 11.6. The maximum Gasteiger partial charge on any atom is 0.357 e. The zero-order valence-corrected chi connectivity index (χ0v) is 20.6. The van der Waals surface area contributed by atoms with Gasteiger partial charge in [-0.15, -0.1) is 0 Å². The normalized spacial score (nSPS) is 10.6. The number of nitrogen functional groups attached to an aromatic ring is 1. The summed E-state index contributed by atoms with van der Waals surface area (Å²) >= 11 is 17.6. The van der Waals surface area contributed by atoms with Gasteiger partial charge in [0.1, 0.15) is 0 Å². The van der Waals surface area contributed by atoms with Gasteiger partial charge in [-0.1, -0.05) is 71.2 Å². The number of anilines is 3. The molecule has 2 N–H and O–H groups in total. The van der Waals surface area contributed by atoms with Crippen molar-refractivity contribution in [3.05, 3.63) is 106 Å². The highest BCUT2D eigenvalue weighted by Crippen LogP contribution is 2.31. The number of rotatable bonds is 5. The Morgan fingerprint density at radius 2 is 1.59 bits per heavy atom. The lowest BCUT2D eigenvalue weighted by atomic mass is 10.1. The van der Waals surface area contributed by atoms with Gasteiger partial charge in [0.2, 0.25) is 0 Å². The number of aromatic nitrogens is 1. The Labute approximate surface area is 213 Å². The van der Waals surface area contributed by atoms with E-state index in [0.29, 0.717) is 26.6 Å². The summed E-state index contributed by atoms with van der Waals surface area (Å²) in [5.74, 6) is -0.526. The third-order valence-electron chi connectivity index (χ3n) is 4.61. The zero-order valence-electron chi connectivity index (χ0n) is 18.3. The molecule has 3 aromatic carbocycles. The Morgan fingerprint density at radius 1 is 1.00 bits per heavy atom. The van der Waals surface area contributed by atoms with Crippen LogP contribution in [0.25, 0.3) is 10.9 Å². The number of benzene rings is 3. The molecule has 0 aliphatic rings. The lowest BCUT2D eigenvalue weighted by molar-refractivity contribution is 0.0520. The number of nitrogens with two attached hydrogens (primary N) is 1. The summed E-state index contributed by atoms with van der Waals surface area (Å²) < 4.78 is 4.87. The molecule has 1 aromatic heterocycles. The van der Waals surface area contributed by atoms with Crippen molar-refractivity contribution in [3.63, 3.8) is 0 Å². The van der Waals surface area contributed by atoms with Crippen LogP contribution in [0.3, 0.4) is 0 Å². The van der Waals surface area contributed by atoms with Crippen LogP contribution in [0.5, 0.6) is 0 Å². The first-order chi connectivity index (χ1) is 16.4. The number of carbonyl (C=O) groups is 1. The number of esters is 1. The fourth-order valence-electron chi connectivity index (χ4n) is 3.18. The molecule has 0 amide bonds. The Bertz CT molecular complexity index is 1240. The number of pyridine rings is 1. The third-order valence-corrected chi connectivity index (χ3v) is 5.24. The van der Waals surface area contributed by atoms with Crippen LogP contribution in [0.4, 0.5) is 17.1 Å². The van der Waals surface area contributed by atoms with E-state index in [1.165, 1.54) is 11.6 Å². The first-order valence-corrected chi connectivity index (χ1v) is 11.5. The first kappa shape index (κ1) is 25.4.